The molecule has 2 aromatic rings. The standard InChI is InChI=1S/C25H33FN2O2/c1-17(2)24-11-10-23(12-18(24)3)30-16-25(29)28-14-19(4)27(13-20(28)5)15-21-6-8-22(26)9-7-21/h6-12,17,19-20H,13-16H2,1-5H3/t19-,20+/m0/s1. The fraction of sp³-hybridized carbons (Fsp3) is 0.480. The first-order valence-corrected chi connectivity index (χ1v) is 10.8. The van der Waals surface area contributed by atoms with Gasteiger partial charge in [-0.05, 0) is 67.6 Å². The van der Waals surface area contributed by atoms with Crippen molar-refractivity contribution < 1.29 is 13.9 Å². The van der Waals surface area contributed by atoms with Crippen LogP contribution in [0, 0.1) is 12.7 Å². The minimum absolute atomic E-state index is 0.0152. The van der Waals surface area contributed by atoms with Crippen LogP contribution in [0.4, 0.5) is 4.39 Å². The summed E-state index contributed by atoms with van der Waals surface area (Å²) in [6.45, 7) is 12.9. The van der Waals surface area contributed by atoms with Crippen LogP contribution in [0.1, 0.15) is 50.3 Å². The molecule has 0 spiro atoms. The van der Waals surface area contributed by atoms with Crippen molar-refractivity contribution in [3.05, 3.63) is 65.0 Å². The zero-order valence-corrected chi connectivity index (χ0v) is 18.7. The van der Waals surface area contributed by atoms with E-state index in [4.69, 9.17) is 4.74 Å². The Kier molecular flexibility index (Phi) is 7.14. The van der Waals surface area contributed by atoms with E-state index in [0.29, 0.717) is 12.5 Å². The topological polar surface area (TPSA) is 32.8 Å². The quantitative estimate of drug-likeness (QED) is 0.686. The number of nitrogens with zero attached hydrogens (tertiary/aromatic N) is 2. The van der Waals surface area contributed by atoms with E-state index in [1.54, 1.807) is 0 Å². The predicted molar refractivity (Wildman–Crippen MR) is 118 cm³/mol. The number of carbonyl (C=O) groups is 1. The number of benzene rings is 2. The molecule has 0 unspecified atom stereocenters. The smallest absolute Gasteiger partial charge is 0.260 e. The number of halogens is 1. The number of amides is 1. The van der Waals surface area contributed by atoms with E-state index in [1.807, 2.05) is 29.2 Å². The lowest BCUT2D eigenvalue weighted by molar-refractivity contribution is -0.139. The highest BCUT2D eigenvalue weighted by molar-refractivity contribution is 5.78. The summed E-state index contributed by atoms with van der Waals surface area (Å²) in [4.78, 5) is 17.1. The fourth-order valence-electron chi connectivity index (χ4n) is 4.20. The molecule has 1 saturated heterocycles. The number of hydrogen-bond acceptors (Lipinski definition) is 3. The normalized spacial score (nSPS) is 19.9. The molecule has 162 valence electrons. The van der Waals surface area contributed by atoms with Gasteiger partial charge in [-0.15, -0.1) is 0 Å². The SMILES string of the molecule is Cc1cc(OCC(=O)N2C[C@H](C)N(Cc3ccc(F)cc3)C[C@H]2C)ccc1C(C)C. The Morgan fingerprint density at radius 1 is 1.10 bits per heavy atom. The molecule has 0 N–H and O–H groups in total. The van der Waals surface area contributed by atoms with E-state index in [2.05, 4.69) is 45.6 Å². The van der Waals surface area contributed by atoms with Crippen LogP contribution >= 0.6 is 0 Å². The van der Waals surface area contributed by atoms with Gasteiger partial charge in [-0.25, -0.2) is 4.39 Å². The number of ether oxygens (including phenoxy) is 1. The van der Waals surface area contributed by atoms with Crippen molar-refractivity contribution in [2.45, 2.75) is 59.2 Å². The number of carbonyl (C=O) groups excluding carboxylic acids is 1. The van der Waals surface area contributed by atoms with Crippen LogP contribution in [0.25, 0.3) is 0 Å². The molecule has 0 saturated carbocycles. The maximum Gasteiger partial charge on any atom is 0.260 e. The molecule has 0 radical (unpaired) electrons. The van der Waals surface area contributed by atoms with Crippen molar-refractivity contribution in [1.29, 1.82) is 0 Å². The Morgan fingerprint density at radius 3 is 2.43 bits per heavy atom. The van der Waals surface area contributed by atoms with E-state index < -0.39 is 0 Å². The van der Waals surface area contributed by atoms with Crippen molar-refractivity contribution in [3.63, 3.8) is 0 Å². The van der Waals surface area contributed by atoms with E-state index in [0.717, 1.165) is 24.4 Å². The van der Waals surface area contributed by atoms with Crippen LogP contribution in [0.15, 0.2) is 42.5 Å². The number of piperazine rings is 1. The molecule has 1 heterocycles. The second-order valence-corrected chi connectivity index (χ2v) is 8.76. The molecule has 5 heteroatoms. The molecule has 3 rings (SSSR count). The molecule has 0 aromatic heterocycles. The summed E-state index contributed by atoms with van der Waals surface area (Å²) in [5.74, 6) is 1.00. The van der Waals surface area contributed by atoms with Gasteiger partial charge in [0, 0.05) is 31.7 Å². The van der Waals surface area contributed by atoms with Crippen LogP contribution in [-0.2, 0) is 11.3 Å². The molecule has 0 bridgehead atoms. The molecule has 1 aliphatic rings. The largest absolute Gasteiger partial charge is 0.484 e. The molecule has 1 amide bonds. The van der Waals surface area contributed by atoms with E-state index >= 15 is 0 Å². The Labute approximate surface area is 179 Å². The maximum absolute atomic E-state index is 13.1. The Hall–Kier alpha value is -2.40. The van der Waals surface area contributed by atoms with Crippen LogP contribution in [0.3, 0.4) is 0 Å². The second-order valence-electron chi connectivity index (χ2n) is 8.76. The van der Waals surface area contributed by atoms with Gasteiger partial charge in [0.25, 0.3) is 5.91 Å². The van der Waals surface area contributed by atoms with Crippen LogP contribution < -0.4 is 4.74 Å². The average Bonchev–Trinajstić information content (AvgIpc) is 2.70. The average molecular weight is 413 g/mol. The summed E-state index contributed by atoms with van der Waals surface area (Å²) in [7, 11) is 0. The van der Waals surface area contributed by atoms with Crippen molar-refractivity contribution in [1.82, 2.24) is 9.80 Å². The van der Waals surface area contributed by atoms with Gasteiger partial charge in [-0.3, -0.25) is 9.69 Å². The van der Waals surface area contributed by atoms with Crippen molar-refractivity contribution in [2.75, 3.05) is 19.7 Å². The van der Waals surface area contributed by atoms with Gasteiger partial charge in [0.2, 0.25) is 0 Å². The lowest BCUT2D eigenvalue weighted by Gasteiger charge is -2.44. The van der Waals surface area contributed by atoms with Gasteiger partial charge < -0.3 is 9.64 Å². The molecular formula is C25H33FN2O2. The number of hydrogen-bond donors (Lipinski definition) is 0. The summed E-state index contributed by atoms with van der Waals surface area (Å²) >= 11 is 0. The molecule has 2 aromatic carbocycles. The van der Waals surface area contributed by atoms with Crippen LogP contribution in [0.5, 0.6) is 5.75 Å². The first kappa shape index (κ1) is 22.3. The third-order valence-corrected chi connectivity index (χ3v) is 5.96. The summed E-state index contributed by atoms with van der Waals surface area (Å²) in [5, 5.41) is 0. The highest BCUT2D eigenvalue weighted by Crippen LogP contribution is 2.24. The third kappa shape index (κ3) is 5.39. The predicted octanol–water partition coefficient (Wildman–Crippen LogP) is 4.76. The van der Waals surface area contributed by atoms with E-state index in [-0.39, 0.29) is 30.4 Å². The van der Waals surface area contributed by atoms with Crippen molar-refractivity contribution in [2.24, 2.45) is 0 Å². The zero-order valence-electron chi connectivity index (χ0n) is 18.7. The molecule has 30 heavy (non-hydrogen) atoms. The maximum atomic E-state index is 13.1. The Bertz CT molecular complexity index is 866. The minimum atomic E-state index is -0.218. The first-order valence-electron chi connectivity index (χ1n) is 10.8. The Balaban J connectivity index is 1.55. The highest BCUT2D eigenvalue weighted by Gasteiger charge is 2.32. The molecular weight excluding hydrogens is 379 g/mol. The van der Waals surface area contributed by atoms with Gasteiger partial charge >= 0.3 is 0 Å². The zero-order chi connectivity index (χ0) is 21.8. The highest BCUT2D eigenvalue weighted by atomic mass is 19.1. The summed E-state index contributed by atoms with van der Waals surface area (Å²) < 4.78 is 19.0. The van der Waals surface area contributed by atoms with Crippen molar-refractivity contribution in [3.8, 4) is 5.75 Å². The lowest BCUT2D eigenvalue weighted by atomic mass is 9.98. The number of aryl methyl sites for hydroxylation is 1. The second kappa shape index (κ2) is 9.61. The molecule has 2 atom stereocenters. The molecule has 1 fully saturated rings. The van der Waals surface area contributed by atoms with Gasteiger partial charge in [0.05, 0.1) is 0 Å². The fourth-order valence-corrected chi connectivity index (χ4v) is 4.20. The van der Waals surface area contributed by atoms with Crippen molar-refractivity contribution >= 4 is 5.91 Å². The van der Waals surface area contributed by atoms with Gasteiger partial charge in [-0.1, -0.05) is 32.0 Å². The van der Waals surface area contributed by atoms with Gasteiger partial charge in [-0.2, -0.15) is 0 Å². The van der Waals surface area contributed by atoms with E-state index in [9.17, 15) is 9.18 Å². The Morgan fingerprint density at radius 2 is 1.80 bits per heavy atom. The summed E-state index contributed by atoms with van der Waals surface area (Å²) in [6.07, 6.45) is 0. The van der Waals surface area contributed by atoms with E-state index in [1.165, 1.54) is 23.3 Å². The van der Waals surface area contributed by atoms with Crippen LogP contribution in [-0.4, -0.2) is 47.5 Å². The van der Waals surface area contributed by atoms with Crippen LogP contribution in [0.2, 0.25) is 0 Å². The summed E-state index contributed by atoms with van der Waals surface area (Å²) in [6, 6.07) is 13.0. The third-order valence-electron chi connectivity index (χ3n) is 5.96. The molecule has 4 nitrogen and oxygen atoms in total. The number of rotatable bonds is 6. The summed E-state index contributed by atoms with van der Waals surface area (Å²) in [5.41, 5.74) is 3.57. The monoisotopic (exact) mass is 412 g/mol. The lowest BCUT2D eigenvalue weighted by Crippen LogP contribution is -2.58. The minimum Gasteiger partial charge on any atom is -0.484 e. The molecule has 0 aliphatic carbocycles. The van der Waals surface area contributed by atoms with Gasteiger partial charge in [0.15, 0.2) is 6.61 Å². The first-order chi connectivity index (χ1) is 14.2. The van der Waals surface area contributed by atoms with Gasteiger partial charge in [0.1, 0.15) is 11.6 Å². The molecule has 1 aliphatic heterocycles.